The lowest BCUT2D eigenvalue weighted by molar-refractivity contribution is -0.117. The quantitative estimate of drug-likeness (QED) is 0.375. The van der Waals surface area contributed by atoms with Crippen LogP contribution in [0.3, 0.4) is 0 Å². The molecule has 0 radical (unpaired) electrons. The number of carbonyl (C=O) groups is 1. The minimum absolute atomic E-state index is 0.00775. The van der Waals surface area contributed by atoms with Crippen LogP contribution in [0.2, 0.25) is 5.02 Å². The van der Waals surface area contributed by atoms with Gasteiger partial charge in [0.15, 0.2) is 0 Å². The number of nitrogens with zero attached hydrogens (tertiary/aromatic N) is 3. The highest BCUT2D eigenvalue weighted by atomic mass is 35.5. The van der Waals surface area contributed by atoms with Gasteiger partial charge in [0, 0.05) is 35.7 Å². The van der Waals surface area contributed by atoms with Crippen LogP contribution in [-0.4, -0.2) is 35.7 Å². The first kappa shape index (κ1) is 21.3. The maximum absolute atomic E-state index is 12.9. The van der Waals surface area contributed by atoms with E-state index in [4.69, 9.17) is 26.1 Å². The third-order valence-corrected chi connectivity index (χ3v) is 6.19. The van der Waals surface area contributed by atoms with Crippen molar-refractivity contribution in [3.8, 4) is 11.5 Å². The molecular weight excluding hydrogens is 438 g/mol. The summed E-state index contributed by atoms with van der Waals surface area (Å²) in [5.74, 6) is 2.49. The van der Waals surface area contributed by atoms with Gasteiger partial charge in [-0.15, -0.1) is 0 Å². The van der Waals surface area contributed by atoms with Crippen molar-refractivity contribution in [1.29, 1.82) is 0 Å². The molecule has 4 aromatic rings. The van der Waals surface area contributed by atoms with E-state index in [1.807, 2.05) is 71.6 Å². The Bertz CT molecular complexity index is 1290. The van der Waals surface area contributed by atoms with Gasteiger partial charge in [0.05, 0.1) is 24.7 Å². The monoisotopic (exact) mass is 461 g/mol. The molecule has 1 atom stereocenters. The number of methoxy groups -OCH3 is 1. The maximum Gasteiger partial charge on any atom is 0.227 e. The predicted molar refractivity (Wildman–Crippen MR) is 129 cm³/mol. The molecule has 5 rings (SSSR count). The average molecular weight is 462 g/mol. The third kappa shape index (κ3) is 4.39. The molecule has 1 aromatic heterocycles. The van der Waals surface area contributed by atoms with E-state index < -0.39 is 0 Å². The second-order valence-electron chi connectivity index (χ2n) is 8.02. The van der Waals surface area contributed by atoms with Gasteiger partial charge in [-0.2, -0.15) is 0 Å². The molecule has 1 fully saturated rings. The summed E-state index contributed by atoms with van der Waals surface area (Å²) in [5.41, 5.74) is 2.81. The van der Waals surface area contributed by atoms with Crippen molar-refractivity contribution in [2.75, 3.05) is 25.2 Å². The summed E-state index contributed by atoms with van der Waals surface area (Å²) in [5, 5.41) is 0.678. The molecule has 3 aromatic carbocycles. The number of fused-ring (bicyclic) bond motifs is 1. The molecule has 0 aliphatic carbocycles. The summed E-state index contributed by atoms with van der Waals surface area (Å²) >= 11 is 5.96. The predicted octanol–water partition coefficient (Wildman–Crippen LogP) is 5.30. The lowest BCUT2D eigenvalue weighted by Crippen LogP contribution is -2.24. The molecule has 0 spiro atoms. The SMILES string of the molecule is COc1cccc(N2C[C@H](c3nc4ccccc4n3CCOc3ccc(Cl)cc3)CC2=O)c1. The van der Waals surface area contributed by atoms with E-state index in [9.17, 15) is 4.79 Å². The average Bonchev–Trinajstić information content (AvgIpc) is 3.41. The second kappa shape index (κ2) is 9.16. The number of aromatic nitrogens is 2. The molecule has 0 N–H and O–H groups in total. The van der Waals surface area contributed by atoms with Crippen molar-refractivity contribution in [2.24, 2.45) is 0 Å². The van der Waals surface area contributed by atoms with Crippen molar-refractivity contribution < 1.29 is 14.3 Å². The fraction of sp³-hybridized carbons (Fsp3) is 0.231. The molecule has 1 saturated heterocycles. The van der Waals surface area contributed by atoms with E-state index in [1.165, 1.54) is 0 Å². The first-order valence-electron chi connectivity index (χ1n) is 10.9. The van der Waals surface area contributed by atoms with Crippen LogP contribution in [0.15, 0.2) is 72.8 Å². The van der Waals surface area contributed by atoms with Crippen LogP contribution in [-0.2, 0) is 11.3 Å². The molecule has 0 unspecified atom stereocenters. The van der Waals surface area contributed by atoms with Crippen LogP contribution in [0.1, 0.15) is 18.2 Å². The van der Waals surface area contributed by atoms with Gasteiger partial charge in [0.25, 0.3) is 0 Å². The van der Waals surface area contributed by atoms with Crippen molar-refractivity contribution in [1.82, 2.24) is 9.55 Å². The minimum Gasteiger partial charge on any atom is -0.497 e. The van der Waals surface area contributed by atoms with Gasteiger partial charge >= 0.3 is 0 Å². The highest BCUT2D eigenvalue weighted by Crippen LogP contribution is 2.34. The topological polar surface area (TPSA) is 56.6 Å². The molecule has 1 amide bonds. The van der Waals surface area contributed by atoms with E-state index in [1.54, 1.807) is 7.11 Å². The molecule has 7 heteroatoms. The van der Waals surface area contributed by atoms with E-state index in [0.29, 0.717) is 31.1 Å². The number of anilines is 1. The van der Waals surface area contributed by atoms with Crippen molar-refractivity contribution in [3.63, 3.8) is 0 Å². The van der Waals surface area contributed by atoms with Gasteiger partial charge in [0.2, 0.25) is 5.91 Å². The number of hydrogen-bond donors (Lipinski definition) is 0. The number of carbonyl (C=O) groups excluding carboxylic acids is 1. The van der Waals surface area contributed by atoms with Gasteiger partial charge in [-0.1, -0.05) is 29.8 Å². The van der Waals surface area contributed by atoms with Crippen LogP contribution in [0.25, 0.3) is 11.0 Å². The molecular formula is C26H24ClN3O3. The number of para-hydroxylation sites is 2. The Morgan fingerprint density at radius 1 is 1.03 bits per heavy atom. The lowest BCUT2D eigenvalue weighted by Gasteiger charge is -2.18. The van der Waals surface area contributed by atoms with Gasteiger partial charge in [0.1, 0.15) is 23.9 Å². The van der Waals surface area contributed by atoms with Gasteiger partial charge in [-0.25, -0.2) is 4.98 Å². The van der Waals surface area contributed by atoms with Crippen LogP contribution in [0, 0.1) is 0 Å². The summed E-state index contributed by atoms with van der Waals surface area (Å²) in [6.45, 7) is 1.69. The smallest absolute Gasteiger partial charge is 0.227 e. The van der Waals surface area contributed by atoms with E-state index in [2.05, 4.69) is 10.6 Å². The summed E-state index contributed by atoms with van der Waals surface area (Å²) in [4.78, 5) is 19.7. The van der Waals surface area contributed by atoms with Crippen molar-refractivity contribution >= 4 is 34.2 Å². The second-order valence-corrected chi connectivity index (χ2v) is 8.46. The number of hydrogen-bond acceptors (Lipinski definition) is 4. The van der Waals surface area contributed by atoms with E-state index in [-0.39, 0.29) is 11.8 Å². The Hall–Kier alpha value is -3.51. The number of halogens is 1. The number of amides is 1. The highest BCUT2D eigenvalue weighted by Gasteiger charge is 2.35. The fourth-order valence-electron chi connectivity index (χ4n) is 4.33. The zero-order valence-corrected chi connectivity index (χ0v) is 19.0. The fourth-order valence-corrected chi connectivity index (χ4v) is 4.46. The molecule has 0 bridgehead atoms. The number of ether oxygens (including phenoxy) is 2. The first-order chi connectivity index (χ1) is 16.1. The van der Waals surface area contributed by atoms with Crippen molar-refractivity contribution in [2.45, 2.75) is 18.9 Å². The summed E-state index contributed by atoms with van der Waals surface area (Å²) in [6, 6.07) is 23.0. The summed E-state index contributed by atoms with van der Waals surface area (Å²) in [7, 11) is 1.63. The Morgan fingerprint density at radius 3 is 2.67 bits per heavy atom. The van der Waals surface area contributed by atoms with E-state index in [0.717, 1.165) is 34.0 Å². The Kier molecular flexibility index (Phi) is 5.92. The Balaban J connectivity index is 1.39. The number of imidazole rings is 1. The molecule has 33 heavy (non-hydrogen) atoms. The molecule has 2 heterocycles. The maximum atomic E-state index is 12.9. The Labute approximate surface area is 197 Å². The molecule has 168 valence electrons. The van der Waals surface area contributed by atoms with Crippen molar-refractivity contribution in [3.05, 3.63) is 83.6 Å². The minimum atomic E-state index is -0.00775. The van der Waals surface area contributed by atoms with Crippen LogP contribution < -0.4 is 14.4 Å². The zero-order valence-electron chi connectivity index (χ0n) is 18.3. The Morgan fingerprint density at radius 2 is 1.85 bits per heavy atom. The van der Waals surface area contributed by atoms with Crippen LogP contribution in [0.5, 0.6) is 11.5 Å². The number of rotatable bonds is 7. The standard InChI is InChI=1S/C26H24ClN3O3/c1-32-22-6-4-5-20(16-22)30-17-18(15-25(30)31)26-28-23-7-2-3-8-24(23)29(26)13-14-33-21-11-9-19(27)10-12-21/h2-12,16,18H,13-15,17H2,1H3/t18-/m1/s1. The van der Waals surface area contributed by atoms with Gasteiger partial charge in [-0.3, -0.25) is 4.79 Å². The summed E-state index contributed by atoms with van der Waals surface area (Å²) < 4.78 is 13.5. The first-order valence-corrected chi connectivity index (χ1v) is 11.3. The van der Waals surface area contributed by atoms with Gasteiger partial charge in [-0.05, 0) is 48.5 Å². The van der Waals surface area contributed by atoms with Gasteiger partial charge < -0.3 is 18.9 Å². The zero-order chi connectivity index (χ0) is 22.8. The van der Waals surface area contributed by atoms with Crippen LogP contribution >= 0.6 is 11.6 Å². The molecule has 1 aliphatic rings. The van der Waals surface area contributed by atoms with Crippen LogP contribution in [0.4, 0.5) is 5.69 Å². The largest absolute Gasteiger partial charge is 0.497 e. The summed E-state index contributed by atoms with van der Waals surface area (Å²) in [6.07, 6.45) is 0.415. The highest BCUT2D eigenvalue weighted by molar-refractivity contribution is 6.30. The third-order valence-electron chi connectivity index (χ3n) is 5.94. The normalized spacial score (nSPS) is 15.9. The molecule has 1 aliphatic heterocycles. The molecule has 6 nitrogen and oxygen atoms in total. The number of benzene rings is 3. The van der Waals surface area contributed by atoms with E-state index >= 15 is 0 Å². The lowest BCUT2D eigenvalue weighted by atomic mass is 10.1. The molecule has 0 saturated carbocycles.